The molecule has 0 spiro atoms. The first-order valence-corrected chi connectivity index (χ1v) is 8.78. The van der Waals surface area contributed by atoms with E-state index in [1.165, 1.54) is 0 Å². The van der Waals surface area contributed by atoms with Crippen LogP contribution in [0.5, 0.6) is 0 Å². The Labute approximate surface area is 138 Å². The molecule has 130 valence electrons. The summed E-state index contributed by atoms with van der Waals surface area (Å²) in [7, 11) is -1.41. The standard InChI is InChI=1S/C16H23F2NO3S/c1-16(2,3)23(20)19-14(6-7-15-21-8-9-22-15)12-10-11(17)4-5-13(12)18/h4-5,10,14-15,19H,6-9H2,1-3H3/t14-,23-/m1/s1. The zero-order valence-electron chi connectivity index (χ0n) is 13.6. The van der Waals surface area contributed by atoms with Crippen LogP contribution in [0.1, 0.15) is 45.2 Å². The molecule has 1 aliphatic heterocycles. The average molecular weight is 347 g/mol. The summed E-state index contributed by atoms with van der Waals surface area (Å²) in [6, 6.07) is 2.71. The van der Waals surface area contributed by atoms with Crippen LogP contribution < -0.4 is 4.72 Å². The second kappa shape index (κ2) is 7.79. The first-order chi connectivity index (χ1) is 10.8. The summed E-state index contributed by atoms with van der Waals surface area (Å²) >= 11 is 0. The van der Waals surface area contributed by atoms with Crippen LogP contribution in [0.4, 0.5) is 8.78 Å². The normalized spacial score (nSPS) is 19.0. The maximum Gasteiger partial charge on any atom is 0.157 e. The van der Waals surface area contributed by atoms with Crippen LogP contribution in [0.2, 0.25) is 0 Å². The van der Waals surface area contributed by atoms with Gasteiger partial charge in [0.2, 0.25) is 0 Å². The lowest BCUT2D eigenvalue weighted by Gasteiger charge is -2.25. The van der Waals surface area contributed by atoms with Gasteiger partial charge in [0.25, 0.3) is 0 Å². The highest BCUT2D eigenvalue weighted by Crippen LogP contribution is 2.26. The quantitative estimate of drug-likeness (QED) is 0.860. The van der Waals surface area contributed by atoms with Crippen molar-refractivity contribution in [3.63, 3.8) is 0 Å². The predicted octanol–water partition coefficient (Wildman–Crippen LogP) is 3.21. The van der Waals surface area contributed by atoms with E-state index in [4.69, 9.17) is 9.47 Å². The van der Waals surface area contributed by atoms with Crippen LogP contribution in [-0.4, -0.2) is 28.5 Å². The van der Waals surface area contributed by atoms with E-state index in [2.05, 4.69) is 4.72 Å². The van der Waals surface area contributed by atoms with Crippen molar-refractivity contribution in [3.05, 3.63) is 35.4 Å². The SMILES string of the molecule is CC(C)(C)[S@@](=O)N[C@H](CCC1OCCO1)c1cc(F)ccc1F. The smallest absolute Gasteiger partial charge is 0.157 e. The second-order valence-electron chi connectivity index (χ2n) is 6.47. The molecule has 4 nitrogen and oxygen atoms in total. The number of hydrogen-bond acceptors (Lipinski definition) is 3. The van der Waals surface area contributed by atoms with Gasteiger partial charge in [-0.05, 0) is 45.4 Å². The summed E-state index contributed by atoms with van der Waals surface area (Å²) in [6.45, 7) is 6.52. The third kappa shape index (κ3) is 5.31. The monoisotopic (exact) mass is 347 g/mol. The molecule has 0 aromatic heterocycles. The van der Waals surface area contributed by atoms with Gasteiger partial charge in [-0.2, -0.15) is 0 Å². The van der Waals surface area contributed by atoms with E-state index in [1.54, 1.807) is 0 Å². The lowest BCUT2D eigenvalue weighted by atomic mass is 10.0. The molecule has 0 bridgehead atoms. The predicted molar refractivity (Wildman–Crippen MR) is 85.1 cm³/mol. The topological polar surface area (TPSA) is 47.6 Å². The molecule has 1 aliphatic rings. The summed E-state index contributed by atoms with van der Waals surface area (Å²) in [5, 5.41) is 0. The molecule has 7 heteroatoms. The van der Waals surface area contributed by atoms with Gasteiger partial charge >= 0.3 is 0 Å². The first kappa shape index (κ1) is 18.4. The number of halogens is 2. The Morgan fingerprint density at radius 1 is 1.30 bits per heavy atom. The fourth-order valence-corrected chi connectivity index (χ4v) is 3.10. The third-order valence-electron chi connectivity index (χ3n) is 3.52. The Hall–Kier alpha value is -0.890. The molecule has 0 aliphatic carbocycles. The minimum absolute atomic E-state index is 0.167. The van der Waals surface area contributed by atoms with Crippen LogP contribution in [0.15, 0.2) is 18.2 Å². The molecule has 1 aromatic rings. The van der Waals surface area contributed by atoms with Crippen molar-refractivity contribution in [2.45, 2.75) is 50.7 Å². The molecule has 0 amide bonds. The van der Waals surface area contributed by atoms with Gasteiger partial charge in [-0.25, -0.2) is 17.7 Å². The molecule has 1 N–H and O–H groups in total. The molecular weight excluding hydrogens is 324 g/mol. The molecule has 23 heavy (non-hydrogen) atoms. The van der Waals surface area contributed by atoms with E-state index < -0.39 is 33.4 Å². The molecule has 2 rings (SSSR count). The van der Waals surface area contributed by atoms with Crippen molar-refractivity contribution in [1.82, 2.24) is 4.72 Å². The molecule has 0 unspecified atom stereocenters. The van der Waals surface area contributed by atoms with Crippen LogP contribution in [0.25, 0.3) is 0 Å². The number of hydrogen-bond donors (Lipinski definition) is 1. The number of benzene rings is 1. The average Bonchev–Trinajstić information content (AvgIpc) is 2.98. The molecule has 0 saturated carbocycles. The maximum absolute atomic E-state index is 14.1. The Bertz CT molecular complexity index is 557. The Morgan fingerprint density at radius 3 is 2.57 bits per heavy atom. The van der Waals surface area contributed by atoms with Gasteiger partial charge in [0.1, 0.15) is 11.6 Å². The summed E-state index contributed by atoms with van der Waals surface area (Å²) in [6.07, 6.45) is 0.584. The zero-order valence-corrected chi connectivity index (χ0v) is 14.4. The second-order valence-corrected chi connectivity index (χ2v) is 8.46. The molecule has 1 saturated heterocycles. The van der Waals surface area contributed by atoms with Gasteiger partial charge in [-0.3, -0.25) is 0 Å². The minimum atomic E-state index is -1.41. The van der Waals surface area contributed by atoms with Gasteiger partial charge < -0.3 is 9.47 Å². The van der Waals surface area contributed by atoms with Gasteiger partial charge in [-0.15, -0.1) is 0 Å². The lowest BCUT2D eigenvalue weighted by molar-refractivity contribution is -0.0489. The number of rotatable bonds is 6. The van der Waals surface area contributed by atoms with Crippen LogP contribution in [-0.2, 0) is 20.5 Å². The fraction of sp³-hybridized carbons (Fsp3) is 0.625. The number of ether oxygens (including phenoxy) is 2. The van der Waals surface area contributed by atoms with Crippen molar-refractivity contribution in [2.75, 3.05) is 13.2 Å². The highest BCUT2D eigenvalue weighted by molar-refractivity contribution is 7.84. The summed E-state index contributed by atoms with van der Waals surface area (Å²) in [5.41, 5.74) is 0.167. The summed E-state index contributed by atoms with van der Waals surface area (Å²) in [5.74, 6) is -1.05. The van der Waals surface area contributed by atoms with Crippen molar-refractivity contribution < 1.29 is 22.5 Å². The van der Waals surface area contributed by atoms with Crippen molar-refractivity contribution >= 4 is 11.0 Å². The maximum atomic E-state index is 14.1. The van der Waals surface area contributed by atoms with E-state index in [0.717, 1.165) is 18.2 Å². The van der Waals surface area contributed by atoms with Gasteiger partial charge in [0.15, 0.2) is 6.29 Å². The zero-order chi connectivity index (χ0) is 17.0. The molecule has 1 fully saturated rings. The Kier molecular flexibility index (Phi) is 6.25. The molecule has 1 heterocycles. The Balaban J connectivity index is 2.15. The fourth-order valence-electron chi connectivity index (χ4n) is 2.24. The van der Waals surface area contributed by atoms with Crippen LogP contribution >= 0.6 is 0 Å². The van der Waals surface area contributed by atoms with Gasteiger partial charge in [-0.1, -0.05) is 0 Å². The van der Waals surface area contributed by atoms with Gasteiger partial charge in [0, 0.05) is 18.0 Å². The third-order valence-corrected chi connectivity index (χ3v) is 5.13. The highest BCUT2D eigenvalue weighted by atomic mass is 32.2. The number of nitrogens with one attached hydrogen (secondary N) is 1. The Morgan fingerprint density at radius 2 is 1.96 bits per heavy atom. The van der Waals surface area contributed by atoms with Crippen LogP contribution in [0, 0.1) is 11.6 Å². The van der Waals surface area contributed by atoms with E-state index in [-0.39, 0.29) is 11.9 Å². The summed E-state index contributed by atoms with van der Waals surface area (Å²) in [4.78, 5) is 0. The highest BCUT2D eigenvalue weighted by Gasteiger charge is 2.27. The van der Waals surface area contributed by atoms with Crippen molar-refractivity contribution in [3.8, 4) is 0 Å². The minimum Gasteiger partial charge on any atom is -0.350 e. The molecule has 0 radical (unpaired) electrons. The van der Waals surface area contributed by atoms with Crippen molar-refractivity contribution in [1.29, 1.82) is 0 Å². The lowest BCUT2D eigenvalue weighted by Crippen LogP contribution is -2.36. The first-order valence-electron chi connectivity index (χ1n) is 7.63. The summed E-state index contributed by atoms with van der Waals surface area (Å²) < 4.78 is 53.1. The van der Waals surface area contributed by atoms with E-state index in [1.807, 2.05) is 20.8 Å². The molecule has 2 atom stereocenters. The van der Waals surface area contributed by atoms with E-state index in [0.29, 0.717) is 26.1 Å². The largest absolute Gasteiger partial charge is 0.350 e. The van der Waals surface area contributed by atoms with E-state index in [9.17, 15) is 13.0 Å². The molecule has 1 aromatic carbocycles. The van der Waals surface area contributed by atoms with Crippen LogP contribution in [0.3, 0.4) is 0 Å². The van der Waals surface area contributed by atoms with E-state index >= 15 is 0 Å². The molecular formula is C16H23F2NO3S. The van der Waals surface area contributed by atoms with Gasteiger partial charge in [0.05, 0.1) is 28.9 Å². The van der Waals surface area contributed by atoms with Crippen molar-refractivity contribution in [2.24, 2.45) is 0 Å².